The first-order valence-corrected chi connectivity index (χ1v) is 11.3. The summed E-state index contributed by atoms with van der Waals surface area (Å²) in [6.07, 6.45) is 5.34. The van der Waals surface area contributed by atoms with Crippen molar-refractivity contribution in [1.29, 1.82) is 0 Å². The van der Waals surface area contributed by atoms with Crippen LogP contribution >= 0.6 is 0 Å². The lowest BCUT2D eigenvalue weighted by Gasteiger charge is -2.25. The number of anilines is 1. The van der Waals surface area contributed by atoms with Crippen LogP contribution in [0.15, 0.2) is 28.9 Å². The number of nitrogens with zero attached hydrogens (tertiary/aromatic N) is 2. The zero-order chi connectivity index (χ0) is 22.1. The van der Waals surface area contributed by atoms with Crippen LogP contribution in [-0.4, -0.2) is 33.9 Å². The molecule has 2 aliphatic rings. The van der Waals surface area contributed by atoms with Gasteiger partial charge in [0.05, 0.1) is 6.54 Å². The highest BCUT2D eigenvalue weighted by Crippen LogP contribution is 2.34. The van der Waals surface area contributed by atoms with Gasteiger partial charge in [-0.1, -0.05) is 45.9 Å². The number of aromatic nitrogens is 1. The van der Waals surface area contributed by atoms with E-state index in [1.165, 1.54) is 6.26 Å². The van der Waals surface area contributed by atoms with Gasteiger partial charge in [0.2, 0.25) is 5.89 Å². The van der Waals surface area contributed by atoms with Crippen molar-refractivity contribution in [1.82, 2.24) is 15.2 Å². The maximum absolute atomic E-state index is 13.3. The fraction of sp³-hybridized carbons (Fsp3) is 0.542. The van der Waals surface area contributed by atoms with Crippen molar-refractivity contribution in [2.75, 3.05) is 5.32 Å². The fourth-order valence-electron chi connectivity index (χ4n) is 3.75. The van der Waals surface area contributed by atoms with E-state index in [-0.39, 0.29) is 36.3 Å². The molecule has 0 radical (unpaired) electrons. The third-order valence-electron chi connectivity index (χ3n) is 5.86. The van der Waals surface area contributed by atoms with E-state index in [2.05, 4.69) is 61.5 Å². The zero-order valence-electron chi connectivity index (χ0n) is 18.8. The molecule has 7 nitrogen and oxygen atoms in total. The van der Waals surface area contributed by atoms with Crippen LogP contribution in [0, 0.1) is 0 Å². The lowest BCUT2D eigenvalue weighted by molar-refractivity contribution is 0.0946. The number of para-hydroxylation sites is 1. The maximum atomic E-state index is 13.3. The van der Waals surface area contributed by atoms with Gasteiger partial charge in [-0.3, -0.25) is 4.79 Å². The first-order valence-electron chi connectivity index (χ1n) is 11.3. The molecule has 0 saturated heterocycles. The highest BCUT2D eigenvalue weighted by molar-refractivity contribution is 5.93. The average molecular weight is 425 g/mol. The normalized spacial score (nSPS) is 15.9. The fourth-order valence-corrected chi connectivity index (χ4v) is 3.75. The molecule has 2 aliphatic carbocycles. The molecule has 0 atom stereocenters. The van der Waals surface area contributed by atoms with Crippen LogP contribution in [0.3, 0.4) is 0 Å². The molecular formula is C24H32N4O3. The van der Waals surface area contributed by atoms with Crippen molar-refractivity contribution >= 4 is 17.6 Å². The number of hydrogen-bond donors (Lipinski definition) is 2. The standard InChI is InChI=1S/C24H32N4O3/c1-14(2)18-6-5-7-19(15(3)4)22(18)27-24(30)28(17-10-11-17)12-21-26-20(13-31-21)23(29)25-16-8-9-16/h5-7,13-17H,8-12H2,1-4H3,(H,25,29)(H,27,30). The summed E-state index contributed by atoms with van der Waals surface area (Å²) >= 11 is 0. The predicted molar refractivity (Wildman–Crippen MR) is 119 cm³/mol. The topological polar surface area (TPSA) is 87.5 Å². The van der Waals surface area contributed by atoms with Crippen molar-refractivity contribution in [3.05, 3.63) is 47.2 Å². The molecule has 2 aromatic rings. The van der Waals surface area contributed by atoms with Crippen molar-refractivity contribution in [3.8, 4) is 0 Å². The number of amides is 3. The number of rotatable bonds is 8. The molecule has 0 aliphatic heterocycles. The minimum absolute atomic E-state index is 0.153. The van der Waals surface area contributed by atoms with E-state index in [0.29, 0.717) is 17.7 Å². The lowest BCUT2D eigenvalue weighted by Crippen LogP contribution is -2.37. The number of carbonyl (C=O) groups is 2. The van der Waals surface area contributed by atoms with E-state index in [0.717, 1.165) is 42.5 Å². The Labute approximate surface area is 183 Å². The average Bonchev–Trinajstić information content (AvgIpc) is 3.66. The summed E-state index contributed by atoms with van der Waals surface area (Å²) in [6.45, 7) is 8.78. The van der Waals surface area contributed by atoms with E-state index in [1.54, 1.807) is 4.90 Å². The molecule has 0 unspecified atom stereocenters. The molecule has 1 aromatic heterocycles. The smallest absolute Gasteiger partial charge is 0.322 e. The molecule has 1 aromatic carbocycles. The molecule has 2 fully saturated rings. The van der Waals surface area contributed by atoms with Crippen molar-refractivity contribution in [2.45, 2.75) is 83.8 Å². The second kappa shape index (κ2) is 8.73. The van der Waals surface area contributed by atoms with Crippen LogP contribution < -0.4 is 10.6 Å². The Balaban J connectivity index is 1.50. The van der Waals surface area contributed by atoms with Gasteiger partial charge in [-0.25, -0.2) is 9.78 Å². The van der Waals surface area contributed by atoms with Gasteiger partial charge < -0.3 is 20.0 Å². The van der Waals surface area contributed by atoms with Gasteiger partial charge in [0.25, 0.3) is 5.91 Å². The molecule has 2 saturated carbocycles. The summed E-state index contributed by atoms with van der Waals surface area (Å²) in [5.74, 6) is 0.752. The third-order valence-corrected chi connectivity index (χ3v) is 5.86. The Morgan fingerprint density at radius 3 is 2.29 bits per heavy atom. The summed E-state index contributed by atoms with van der Waals surface area (Å²) in [5, 5.41) is 6.09. The van der Waals surface area contributed by atoms with E-state index < -0.39 is 0 Å². The third kappa shape index (κ3) is 5.09. The number of urea groups is 1. The number of oxazole rings is 1. The minimum atomic E-state index is -0.215. The summed E-state index contributed by atoms with van der Waals surface area (Å²) in [6, 6.07) is 6.49. The molecule has 7 heteroatoms. The van der Waals surface area contributed by atoms with Crippen molar-refractivity contribution in [3.63, 3.8) is 0 Å². The molecule has 4 rings (SSSR count). The molecule has 166 valence electrons. The monoisotopic (exact) mass is 424 g/mol. The number of hydrogen-bond acceptors (Lipinski definition) is 4. The molecular weight excluding hydrogens is 392 g/mol. The van der Waals surface area contributed by atoms with Crippen LogP contribution in [-0.2, 0) is 6.54 Å². The minimum Gasteiger partial charge on any atom is -0.446 e. The Kier molecular flexibility index (Phi) is 6.03. The summed E-state index contributed by atoms with van der Waals surface area (Å²) in [5.41, 5.74) is 3.43. The quantitative estimate of drug-likeness (QED) is 0.623. The van der Waals surface area contributed by atoms with Crippen molar-refractivity contribution < 1.29 is 14.0 Å². The molecule has 3 amide bonds. The molecule has 0 spiro atoms. The van der Waals surface area contributed by atoms with Crippen molar-refractivity contribution in [2.24, 2.45) is 0 Å². The molecule has 1 heterocycles. The van der Waals surface area contributed by atoms with Gasteiger partial charge in [-0.15, -0.1) is 0 Å². The van der Waals surface area contributed by atoms with E-state index in [4.69, 9.17) is 4.42 Å². The molecule has 2 N–H and O–H groups in total. The van der Waals surface area contributed by atoms with Gasteiger partial charge in [-0.2, -0.15) is 0 Å². The Morgan fingerprint density at radius 2 is 1.74 bits per heavy atom. The zero-order valence-corrected chi connectivity index (χ0v) is 18.8. The van der Waals surface area contributed by atoms with E-state index in [1.807, 2.05) is 0 Å². The summed E-state index contributed by atoms with van der Waals surface area (Å²) in [4.78, 5) is 31.6. The highest BCUT2D eigenvalue weighted by Gasteiger charge is 2.34. The molecule has 0 bridgehead atoms. The lowest BCUT2D eigenvalue weighted by atomic mass is 9.93. The first kappa shape index (κ1) is 21.4. The second-order valence-corrected chi connectivity index (χ2v) is 9.28. The van der Waals surface area contributed by atoms with Crippen LogP contribution in [0.25, 0.3) is 0 Å². The largest absolute Gasteiger partial charge is 0.446 e. The SMILES string of the molecule is CC(C)c1cccc(C(C)C)c1NC(=O)N(Cc1nc(C(=O)NC2CC2)co1)C1CC1. The summed E-state index contributed by atoms with van der Waals surface area (Å²) < 4.78 is 5.53. The van der Waals surface area contributed by atoms with Crippen LogP contribution in [0.4, 0.5) is 10.5 Å². The van der Waals surface area contributed by atoms with Crippen LogP contribution in [0.1, 0.15) is 92.7 Å². The molecule has 31 heavy (non-hydrogen) atoms. The van der Waals surface area contributed by atoms with Crippen LogP contribution in [0.2, 0.25) is 0 Å². The first-order chi connectivity index (χ1) is 14.8. The number of nitrogens with one attached hydrogen (secondary N) is 2. The highest BCUT2D eigenvalue weighted by atomic mass is 16.3. The van der Waals surface area contributed by atoms with Gasteiger partial charge in [0, 0.05) is 17.8 Å². The van der Waals surface area contributed by atoms with Gasteiger partial charge in [0.1, 0.15) is 6.26 Å². The van der Waals surface area contributed by atoms with Gasteiger partial charge in [-0.05, 0) is 48.6 Å². The summed E-state index contributed by atoms with van der Waals surface area (Å²) in [7, 11) is 0. The second-order valence-electron chi connectivity index (χ2n) is 9.28. The predicted octanol–water partition coefficient (Wildman–Crippen LogP) is 5.01. The van der Waals surface area contributed by atoms with Gasteiger partial charge in [0.15, 0.2) is 5.69 Å². The van der Waals surface area contributed by atoms with E-state index >= 15 is 0 Å². The Hall–Kier alpha value is -2.83. The van der Waals surface area contributed by atoms with E-state index in [9.17, 15) is 9.59 Å². The number of carbonyl (C=O) groups excluding carboxylic acids is 2. The van der Waals surface area contributed by atoms with Crippen LogP contribution in [0.5, 0.6) is 0 Å². The number of benzene rings is 1. The Bertz CT molecular complexity index is 931. The van der Waals surface area contributed by atoms with Gasteiger partial charge >= 0.3 is 6.03 Å². The maximum Gasteiger partial charge on any atom is 0.322 e. The Morgan fingerprint density at radius 1 is 1.10 bits per heavy atom.